The molecule has 64 valence electrons. The zero-order valence-corrected chi connectivity index (χ0v) is 7.95. The van der Waals surface area contributed by atoms with Crippen LogP contribution < -0.4 is 14.7 Å². The fourth-order valence-corrected chi connectivity index (χ4v) is 6.76. The Morgan fingerprint density at radius 2 is 1.08 bits per heavy atom. The average Bonchev–Trinajstić information content (AvgIpc) is 1.78. The smallest absolute Gasteiger partial charge is 0.101 e. The summed E-state index contributed by atoms with van der Waals surface area (Å²) < 4.78 is 0. The van der Waals surface area contributed by atoms with Gasteiger partial charge in [-0.05, 0) is 0 Å². The molecular formula is C8H15N4+3. The molecule has 0 unspecified atom stereocenters. The van der Waals surface area contributed by atoms with Gasteiger partial charge in [-0.15, -0.1) is 14.7 Å². The van der Waals surface area contributed by atoms with E-state index in [1.165, 1.54) is 0 Å². The Bertz CT molecular complexity index is 254. The molecule has 6 aliphatic heterocycles. The highest BCUT2D eigenvalue weighted by atomic mass is 16.3. The number of hydrogen-bond acceptors (Lipinski definition) is 1. The summed E-state index contributed by atoms with van der Waals surface area (Å²) in [5.41, 5.74) is 0. The highest BCUT2D eigenvalue weighted by Crippen LogP contribution is 2.53. The third-order valence-corrected chi connectivity index (χ3v) is 5.76. The molecule has 0 aliphatic carbocycles. The minimum Gasteiger partial charge on any atom is -0.101 e. The van der Waals surface area contributed by atoms with E-state index in [1.807, 2.05) is 14.7 Å². The molecule has 6 rings (SSSR count). The van der Waals surface area contributed by atoms with Crippen molar-refractivity contribution < 1.29 is 14.7 Å². The Kier molecular flexibility index (Phi) is 0.378. The van der Waals surface area contributed by atoms with Crippen LogP contribution in [0.5, 0.6) is 0 Å². The van der Waals surface area contributed by atoms with Crippen LogP contribution in [0.15, 0.2) is 0 Å². The van der Waals surface area contributed by atoms with Gasteiger partial charge in [-0.2, -0.15) is 0 Å². The average molecular weight is 167 g/mol. The van der Waals surface area contributed by atoms with Crippen LogP contribution >= 0.6 is 0 Å². The number of nitrogens with one attached hydrogen (secondary N) is 3. The molecule has 3 N–H and O–H groups in total. The maximum atomic E-state index is 2.72. The van der Waals surface area contributed by atoms with E-state index in [1.54, 1.807) is 0 Å². The normalized spacial score (nSPS) is 96.5. The summed E-state index contributed by atoms with van der Waals surface area (Å²) in [4.78, 5) is 8.25. The van der Waals surface area contributed by atoms with Crippen molar-refractivity contribution in [1.29, 1.82) is 0 Å². The van der Waals surface area contributed by atoms with E-state index in [0.29, 0.717) is 23.1 Å². The molecule has 4 heteroatoms. The van der Waals surface area contributed by atoms with E-state index in [-0.39, 0.29) is 0 Å². The zero-order valence-electron chi connectivity index (χ0n) is 7.95. The summed E-state index contributed by atoms with van der Waals surface area (Å²) in [6.07, 6.45) is 0. The van der Waals surface area contributed by atoms with E-state index in [9.17, 15) is 0 Å². The van der Waals surface area contributed by atoms with Gasteiger partial charge in [-0.25, -0.2) is 0 Å². The number of nitrogens with zero attached hydrogens (tertiary/aromatic N) is 1. The molecule has 0 aromatic carbocycles. The minimum absolute atomic E-state index is 0.500. The maximum absolute atomic E-state index is 2.72. The van der Waals surface area contributed by atoms with Crippen molar-refractivity contribution in [1.82, 2.24) is 4.90 Å². The second-order valence-electron chi connectivity index (χ2n) is 5.80. The van der Waals surface area contributed by atoms with Crippen molar-refractivity contribution in [2.75, 3.05) is 0 Å². The van der Waals surface area contributed by atoms with Gasteiger partial charge in [0.2, 0.25) is 0 Å². The highest BCUT2D eigenvalue weighted by Gasteiger charge is 3.32. The molecule has 6 saturated heterocycles. The summed E-state index contributed by atoms with van der Waals surface area (Å²) in [6, 6.07) is 0. The molecule has 0 radical (unpaired) electrons. The van der Waals surface area contributed by atoms with Crippen LogP contribution in [0.2, 0.25) is 0 Å². The van der Waals surface area contributed by atoms with E-state index in [4.69, 9.17) is 0 Å². The van der Waals surface area contributed by atoms with Crippen molar-refractivity contribution in [3.05, 3.63) is 0 Å². The topological polar surface area (TPSA) is 16.6 Å². The van der Waals surface area contributed by atoms with Gasteiger partial charge in [0.25, 0.3) is 0 Å². The van der Waals surface area contributed by atoms with Gasteiger partial charge in [0.1, 0.15) is 6.92 Å². The van der Waals surface area contributed by atoms with Crippen LogP contribution in [-0.2, 0) is 0 Å². The third kappa shape index (κ3) is 0.149. The van der Waals surface area contributed by atoms with Gasteiger partial charge in [0.05, 0.1) is 20.8 Å². The first kappa shape index (κ1) is 5.54. The monoisotopic (exact) mass is 167 g/mol. The number of rotatable bonds is 0. The lowest BCUT2D eigenvalue weighted by atomic mass is 9.57. The van der Waals surface area contributed by atoms with Crippen molar-refractivity contribution >= 4 is 0 Å². The molecule has 12 heavy (non-hydrogen) atoms. The second-order valence-corrected chi connectivity index (χ2v) is 5.80. The first-order valence-electron chi connectivity index (χ1n) is 4.92. The minimum atomic E-state index is 0.500. The molecule has 4 nitrogen and oxygen atoms in total. The van der Waals surface area contributed by atoms with Gasteiger partial charge in [-0.1, -0.05) is 0 Å². The first-order chi connectivity index (χ1) is 5.46. The largest absolute Gasteiger partial charge is 0.380 e. The van der Waals surface area contributed by atoms with Crippen LogP contribution in [0.1, 0.15) is 27.7 Å². The number of hydrogen-bond donors (Lipinski definition) is 3. The van der Waals surface area contributed by atoms with Gasteiger partial charge in [-0.3, -0.25) is 0 Å². The van der Waals surface area contributed by atoms with E-state index >= 15 is 0 Å². The number of quaternary nitrogens is 3. The Labute approximate surface area is 71.3 Å². The SMILES string of the molecule is CC12N3C4(C)[NH+]1C1(C)[NH+]2C3(C)[NH+]41. The van der Waals surface area contributed by atoms with Crippen LogP contribution in [0.3, 0.4) is 0 Å². The summed E-state index contributed by atoms with van der Waals surface area (Å²) in [7, 11) is 0. The molecule has 0 atom stereocenters. The predicted octanol–water partition coefficient (Wildman–Crippen LogP) is -4.29. The molecule has 0 aromatic heterocycles. The Morgan fingerprint density at radius 3 is 1.33 bits per heavy atom. The Hall–Kier alpha value is -0.160. The van der Waals surface area contributed by atoms with Gasteiger partial charge < -0.3 is 0 Å². The Morgan fingerprint density at radius 1 is 0.750 bits per heavy atom. The molecular weight excluding hydrogens is 152 g/mol. The van der Waals surface area contributed by atoms with Crippen LogP contribution in [0.4, 0.5) is 0 Å². The predicted molar refractivity (Wildman–Crippen MR) is 38.3 cm³/mol. The van der Waals surface area contributed by atoms with Crippen LogP contribution in [0, 0.1) is 0 Å². The van der Waals surface area contributed by atoms with Crippen molar-refractivity contribution in [2.45, 2.75) is 50.8 Å². The fraction of sp³-hybridized carbons (Fsp3) is 1.00. The lowest BCUT2D eigenvalue weighted by Gasteiger charge is -3.02. The van der Waals surface area contributed by atoms with Gasteiger partial charge >= 0.3 is 23.1 Å². The molecule has 0 aromatic rings. The summed E-state index contributed by atoms with van der Waals surface area (Å²) in [5.74, 6) is 2.06. The van der Waals surface area contributed by atoms with Gasteiger partial charge in [0, 0.05) is 4.90 Å². The molecule has 0 amide bonds. The van der Waals surface area contributed by atoms with Gasteiger partial charge in [0.15, 0.2) is 0 Å². The standard InChI is InChI=1S/C8H12N4/c1-5-9-6(2)10(5)8(4)11(5)7(9,3)12(6)8/h1-4H3/p+3. The molecule has 0 spiro atoms. The molecule has 0 bridgehead atoms. The lowest BCUT2D eigenvalue weighted by Crippen LogP contribution is -4.13. The summed E-state index contributed by atoms with van der Waals surface area (Å²) in [6.45, 7) is 9.69. The third-order valence-electron chi connectivity index (χ3n) is 5.76. The summed E-state index contributed by atoms with van der Waals surface area (Å²) in [5, 5.41) is 0. The van der Waals surface area contributed by atoms with Crippen molar-refractivity contribution in [3.63, 3.8) is 0 Å². The zero-order chi connectivity index (χ0) is 8.31. The van der Waals surface area contributed by atoms with Crippen molar-refractivity contribution in [3.8, 4) is 0 Å². The van der Waals surface area contributed by atoms with E-state index < -0.39 is 0 Å². The molecule has 6 heterocycles. The quantitative estimate of drug-likeness (QED) is 0.333. The lowest BCUT2D eigenvalue weighted by molar-refractivity contribution is -1.83. The van der Waals surface area contributed by atoms with E-state index in [0.717, 1.165) is 0 Å². The fourth-order valence-electron chi connectivity index (χ4n) is 6.76. The van der Waals surface area contributed by atoms with E-state index in [2.05, 4.69) is 32.6 Å². The highest BCUT2D eigenvalue weighted by molar-refractivity contribution is 5.13. The van der Waals surface area contributed by atoms with Crippen LogP contribution in [0.25, 0.3) is 0 Å². The maximum Gasteiger partial charge on any atom is 0.380 e. The molecule has 6 aliphatic rings. The Balaban J connectivity index is 1.86. The van der Waals surface area contributed by atoms with Crippen molar-refractivity contribution in [2.24, 2.45) is 0 Å². The van der Waals surface area contributed by atoms with Crippen LogP contribution in [-0.4, -0.2) is 28.0 Å². The summed E-state index contributed by atoms with van der Waals surface area (Å²) >= 11 is 0. The first-order valence-corrected chi connectivity index (χ1v) is 4.92. The molecule has 6 fully saturated rings. The second kappa shape index (κ2) is 0.817. The molecule has 0 saturated carbocycles.